The van der Waals surface area contributed by atoms with E-state index in [1.165, 1.54) is 10.7 Å². The Morgan fingerprint density at radius 1 is 1.35 bits per heavy atom. The Kier molecular flexibility index (Phi) is 5.98. The van der Waals surface area contributed by atoms with Crippen LogP contribution >= 0.6 is 0 Å². The molecule has 2 aromatic rings. The van der Waals surface area contributed by atoms with Crippen molar-refractivity contribution in [1.82, 2.24) is 25.9 Å². The molecule has 138 valence electrons. The number of aryl methyl sites for hydroxylation is 1. The normalized spacial score (nSPS) is 19.3. The van der Waals surface area contributed by atoms with Gasteiger partial charge in [0.05, 0.1) is 7.11 Å². The van der Waals surface area contributed by atoms with E-state index in [1.807, 2.05) is 24.3 Å². The number of hydrogen-bond acceptors (Lipinski definition) is 6. The molecule has 8 heteroatoms. The quantitative estimate of drug-likeness (QED) is 0.620. The Morgan fingerprint density at radius 3 is 3.04 bits per heavy atom. The van der Waals surface area contributed by atoms with Crippen molar-refractivity contribution in [3.63, 3.8) is 0 Å². The first kappa shape index (κ1) is 18.1. The molecule has 1 aromatic carbocycles. The Hall–Kier alpha value is -2.71. The molecule has 1 saturated heterocycles. The van der Waals surface area contributed by atoms with Gasteiger partial charge < -0.3 is 10.1 Å². The van der Waals surface area contributed by atoms with Crippen molar-refractivity contribution in [2.45, 2.75) is 31.5 Å². The van der Waals surface area contributed by atoms with Gasteiger partial charge in [-0.05, 0) is 36.6 Å². The topological polar surface area (TPSA) is 97.3 Å². The summed E-state index contributed by atoms with van der Waals surface area (Å²) in [6, 6.07) is 10.6. The number of hydrazine groups is 1. The summed E-state index contributed by atoms with van der Waals surface area (Å²) in [7, 11) is 1.63. The fraction of sp³-hybridized carbons (Fsp3) is 0.389. The third kappa shape index (κ3) is 4.47. The van der Waals surface area contributed by atoms with E-state index in [0.717, 1.165) is 11.3 Å². The van der Waals surface area contributed by atoms with Crippen LogP contribution in [-0.4, -0.2) is 35.4 Å². The molecule has 2 heterocycles. The third-order valence-electron chi connectivity index (χ3n) is 4.35. The SMILES string of the molecule is COc1cccc(C2CC(C(=O)NCCCn3ncccc3=O)NN2)c1. The van der Waals surface area contributed by atoms with Crippen LogP contribution in [0.4, 0.5) is 0 Å². The maximum atomic E-state index is 12.3. The second-order valence-corrected chi connectivity index (χ2v) is 6.14. The first-order valence-corrected chi connectivity index (χ1v) is 8.62. The van der Waals surface area contributed by atoms with Crippen molar-refractivity contribution < 1.29 is 9.53 Å². The Balaban J connectivity index is 1.44. The second-order valence-electron chi connectivity index (χ2n) is 6.14. The number of nitrogens with zero attached hydrogens (tertiary/aromatic N) is 2. The van der Waals surface area contributed by atoms with E-state index in [2.05, 4.69) is 21.3 Å². The van der Waals surface area contributed by atoms with E-state index >= 15 is 0 Å². The van der Waals surface area contributed by atoms with Crippen LogP contribution in [0.5, 0.6) is 5.75 Å². The van der Waals surface area contributed by atoms with Gasteiger partial charge in [-0.2, -0.15) is 5.10 Å². The summed E-state index contributed by atoms with van der Waals surface area (Å²) in [4.78, 5) is 23.9. The highest BCUT2D eigenvalue weighted by molar-refractivity contribution is 5.82. The summed E-state index contributed by atoms with van der Waals surface area (Å²) in [6.07, 6.45) is 2.87. The number of ether oxygens (including phenoxy) is 1. The number of rotatable bonds is 7. The molecule has 0 saturated carbocycles. The third-order valence-corrected chi connectivity index (χ3v) is 4.35. The maximum Gasteiger partial charge on any atom is 0.266 e. The predicted molar refractivity (Wildman–Crippen MR) is 96.5 cm³/mol. The summed E-state index contributed by atoms with van der Waals surface area (Å²) < 4.78 is 6.63. The van der Waals surface area contributed by atoms with Crippen molar-refractivity contribution in [1.29, 1.82) is 0 Å². The lowest BCUT2D eigenvalue weighted by molar-refractivity contribution is -0.122. The number of aromatic nitrogens is 2. The minimum atomic E-state index is -0.302. The molecule has 0 aliphatic carbocycles. The van der Waals surface area contributed by atoms with Gasteiger partial charge in [0, 0.05) is 31.4 Å². The van der Waals surface area contributed by atoms with Crippen LogP contribution in [-0.2, 0) is 11.3 Å². The van der Waals surface area contributed by atoms with E-state index in [4.69, 9.17) is 4.74 Å². The minimum Gasteiger partial charge on any atom is -0.497 e. The van der Waals surface area contributed by atoms with Gasteiger partial charge in [0.1, 0.15) is 11.8 Å². The summed E-state index contributed by atoms with van der Waals surface area (Å²) in [6.45, 7) is 0.965. The molecule has 2 atom stereocenters. The fourth-order valence-electron chi connectivity index (χ4n) is 2.92. The Morgan fingerprint density at radius 2 is 2.23 bits per heavy atom. The molecule has 3 N–H and O–H groups in total. The van der Waals surface area contributed by atoms with Gasteiger partial charge in [-0.25, -0.2) is 15.5 Å². The molecule has 26 heavy (non-hydrogen) atoms. The molecule has 1 fully saturated rings. The molecule has 1 aliphatic rings. The average molecular weight is 357 g/mol. The van der Waals surface area contributed by atoms with Gasteiger partial charge in [-0.15, -0.1) is 0 Å². The molecule has 0 spiro atoms. The molecular weight excluding hydrogens is 334 g/mol. The standard InChI is InChI=1S/C18H23N5O3/c1-26-14-6-2-5-13(11-14)15-12-16(22-21-15)18(25)19-8-4-10-23-17(24)7-3-9-20-23/h2-3,5-7,9,11,15-16,21-22H,4,8,10,12H2,1H3,(H,19,25). The molecule has 0 radical (unpaired) electrons. The summed E-state index contributed by atoms with van der Waals surface area (Å²) in [5.41, 5.74) is 7.13. The zero-order chi connectivity index (χ0) is 18.4. The lowest BCUT2D eigenvalue weighted by Crippen LogP contribution is -2.43. The smallest absolute Gasteiger partial charge is 0.266 e. The molecule has 8 nitrogen and oxygen atoms in total. The van der Waals surface area contributed by atoms with E-state index in [-0.39, 0.29) is 23.6 Å². The Labute approximate surface area is 151 Å². The highest BCUT2D eigenvalue weighted by Crippen LogP contribution is 2.25. The van der Waals surface area contributed by atoms with E-state index < -0.39 is 0 Å². The molecule has 3 rings (SSSR count). The van der Waals surface area contributed by atoms with Crippen molar-refractivity contribution in [2.75, 3.05) is 13.7 Å². The van der Waals surface area contributed by atoms with Crippen LogP contribution in [0.25, 0.3) is 0 Å². The predicted octanol–water partition coefficient (Wildman–Crippen LogP) is 0.366. The van der Waals surface area contributed by atoms with E-state index in [1.54, 1.807) is 19.4 Å². The highest BCUT2D eigenvalue weighted by atomic mass is 16.5. The Bertz CT molecular complexity index is 807. The van der Waals surface area contributed by atoms with Crippen molar-refractivity contribution >= 4 is 5.91 Å². The number of carbonyl (C=O) groups excluding carboxylic acids is 1. The zero-order valence-corrected chi connectivity index (χ0v) is 14.6. The van der Waals surface area contributed by atoms with Gasteiger partial charge in [-0.1, -0.05) is 12.1 Å². The van der Waals surface area contributed by atoms with Gasteiger partial charge in [-0.3, -0.25) is 9.59 Å². The number of amides is 1. The van der Waals surface area contributed by atoms with Gasteiger partial charge in [0.2, 0.25) is 5.91 Å². The molecule has 1 amide bonds. The first-order chi connectivity index (χ1) is 12.7. The first-order valence-electron chi connectivity index (χ1n) is 8.62. The van der Waals surface area contributed by atoms with Crippen LogP contribution in [0.1, 0.15) is 24.4 Å². The number of carbonyl (C=O) groups is 1. The van der Waals surface area contributed by atoms with E-state index in [0.29, 0.717) is 25.9 Å². The summed E-state index contributed by atoms with van der Waals surface area (Å²) in [5.74, 6) is 0.734. The van der Waals surface area contributed by atoms with Crippen LogP contribution in [0, 0.1) is 0 Å². The fourth-order valence-corrected chi connectivity index (χ4v) is 2.92. The van der Waals surface area contributed by atoms with Gasteiger partial charge in [0.15, 0.2) is 0 Å². The van der Waals surface area contributed by atoms with E-state index in [9.17, 15) is 9.59 Å². The number of nitrogens with one attached hydrogen (secondary N) is 3. The van der Waals surface area contributed by atoms with Gasteiger partial charge in [0.25, 0.3) is 5.56 Å². The average Bonchev–Trinajstić information content (AvgIpc) is 3.17. The highest BCUT2D eigenvalue weighted by Gasteiger charge is 2.29. The molecular formula is C18H23N5O3. The van der Waals surface area contributed by atoms with Crippen LogP contribution in [0.3, 0.4) is 0 Å². The number of benzene rings is 1. The number of hydrogen-bond donors (Lipinski definition) is 3. The second kappa shape index (κ2) is 8.59. The zero-order valence-electron chi connectivity index (χ0n) is 14.6. The van der Waals surface area contributed by atoms with Crippen molar-refractivity contribution in [3.8, 4) is 5.75 Å². The largest absolute Gasteiger partial charge is 0.497 e. The van der Waals surface area contributed by atoms with Crippen molar-refractivity contribution in [2.24, 2.45) is 0 Å². The lowest BCUT2D eigenvalue weighted by atomic mass is 10.0. The summed E-state index contributed by atoms with van der Waals surface area (Å²) >= 11 is 0. The molecule has 0 bridgehead atoms. The minimum absolute atomic E-state index is 0.0490. The van der Waals surface area contributed by atoms with Crippen LogP contribution < -0.4 is 26.5 Å². The maximum absolute atomic E-state index is 12.3. The number of methoxy groups -OCH3 is 1. The lowest BCUT2D eigenvalue weighted by Gasteiger charge is -2.11. The monoisotopic (exact) mass is 357 g/mol. The molecule has 1 aromatic heterocycles. The van der Waals surface area contributed by atoms with Gasteiger partial charge >= 0.3 is 0 Å². The molecule has 2 unspecified atom stereocenters. The molecule has 1 aliphatic heterocycles. The van der Waals surface area contributed by atoms with Crippen molar-refractivity contribution in [3.05, 3.63) is 58.5 Å². The summed E-state index contributed by atoms with van der Waals surface area (Å²) in [5, 5.41) is 6.89. The van der Waals surface area contributed by atoms with Crippen LogP contribution in [0.15, 0.2) is 47.4 Å². The van der Waals surface area contributed by atoms with Crippen LogP contribution in [0.2, 0.25) is 0 Å².